The predicted molar refractivity (Wildman–Crippen MR) is 63.3 cm³/mol. The Morgan fingerprint density at radius 2 is 1.25 bits per heavy atom. The normalized spacial score (nSPS) is 30.1. The van der Waals surface area contributed by atoms with Crippen molar-refractivity contribution in [2.24, 2.45) is 5.92 Å². The number of aliphatic hydroxyl groups excluding tert-OH is 1. The van der Waals surface area contributed by atoms with Gasteiger partial charge in [-0.1, -0.05) is 38.5 Å². The molecule has 0 atom stereocenters. The first kappa shape index (κ1) is 13.5. The van der Waals surface area contributed by atoms with Crippen molar-refractivity contribution in [3.63, 3.8) is 0 Å². The van der Waals surface area contributed by atoms with Crippen LogP contribution in [0.15, 0.2) is 0 Å². The van der Waals surface area contributed by atoms with Crippen LogP contribution in [0.3, 0.4) is 0 Å². The molecule has 0 heterocycles. The second kappa shape index (κ2) is 7.66. The molecule has 1 aliphatic rings. The Balaban J connectivity index is 2.33. The maximum atomic E-state index is 11.0. The average molecular weight is 228 g/mol. The molecular weight excluding hydrogens is 204 g/mol. The Morgan fingerprint density at radius 3 is 1.69 bits per heavy atom. The standard InChI is InChI=1S/C13H24O3/c14-12-9-5-1-3-7-11(13(15)16)8-4-2-6-10-12/h11-12,14H,1-10H2,(H,15,16). The van der Waals surface area contributed by atoms with Gasteiger partial charge in [0.15, 0.2) is 0 Å². The first-order valence-corrected chi connectivity index (χ1v) is 6.61. The molecule has 0 bridgehead atoms. The molecule has 0 aromatic heterocycles. The SMILES string of the molecule is O=C(O)C1CCCCCC(O)CCCCC1. The van der Waals surface area contributed by atoms with Gasteiger partial charge in [0, 0.05) is 0 Å². The van der Waals surface area contributed by atoms with Crippen LogP contribution >= 0.6 is 0 Å². The lowest BCUT2D eigenvalue weighted by Crippen LogP contribution is -2.14. The Hall–Kier alpha value is -0.570. The second-order valence-corrected chi connectivity index (χ2v) is 4.97. The van der Waals surface area contributed by atoms with Crippen LogP contribution in [0.4, 0.5) is 0 Å². The Kier molecular flexibility index (Phi) is 6.46. The molecule has 0 amide bonds. The van der Waals surface area contributed by atoms with Crippen molar-refractivity contribution < 1.29 is 15.0 Å². The van der Waals surface area contributed by atoms with Gasteiger partial charge in [-0.3, -0.25) is 4.79 Å². The molecule has 2 N–H and O–H groups in total. The van der Waals surface area contributed by atoms with Crippen LogP contribution in [-0.2, 0) is 4.79 Å². The lowest BCUT2D eigenvalue weighted by atomic mass is 9.92. The minimum Gasteiger partial charge on any atom is -0.481 e. The molecular formula is C13H24O3. The largest absolute Gasteiger partial charge is 0.481 e. The molecule has 1 fully saturated rings. The zero-order valence-electron chi connectivity index (χ0n) is 10.0. The highest BCUT2D eigenvalue weighted by Crippen LogP contribution is 2.21. The van der Waals surface area contributed by atoms with Gasteiger partial charge in [0.05, 0.1) is 12.0 Å². The molecule has 16 heavy (non-hydrogen) atoms. The second-order valence-electron chi connectivity index (χ2n) is 4.97. The summed E-state index contributed by atoms with van der Waals surface area (Å²) < 4.78 is 0. The summed E-state index contributed by atoms with van der Waals surface area (Å²) >= 11 is 0. The Bertz CT molecular complexity index is 189. The number of rotatable bonds is 1. The third kappa shape index (κ3) is 5.50. The van der Waals surface area contributed by atoms with Crippen LogP contribution in [0.1, 0.15) is 64.2 Å². The van der Waals surface area contributed by atoms with E-state index in [1.165, 1.54) is 0 Å². The molecule has 0 aromatic rings. The first-order chi connectivity index (χ1) is 7.70. The van der Waals surface area contributed by atoms with E-state index in [1.807, 2.05) is 0 Å². The van der Waals surface area contributed by atoms with Gasteiger partial charge < -0.3 is 10.2 Å². The van der Waals surface area contributed by atoms with Gasteiger partial charge in [-0.05, 0) is 25.7 Å². The topological polar surface area (TPSA) is 57.5 Å². The van der Waals surface area contributed by atoms with E-state index in [0.717, 1.165) is 64.2 Å². The van der Waals surface area contributed by atoms with Gasteiger partial charge in [0.1, 0.15) is 0 Å². The lowest BCUT2D eigenvalue weighted by Gasteiger charge is -2.15. The van der Waals surface area contributed by atoms with E-state index in [1.54, 1.807) is 0 Å². The molecule has 3 nitrogen and oxygen atoms in total. The highest BCUT2D eigenvalue weighted by molar-refractivity contribution is 5.69. The van der Waals surface area contributed by atoms with Crippen LogP contribution in [0, 0.1) is 5.92 Å². The van der Waals surface area contributed by atoms with Crippen molar-refractivity contribution >= 4 is 5.97 Å². The summed E-state index contributed by atoms with van der Waals surface area (Å²) in [4.78, 5) is 11.0. The molecule has 1 saturated carbocycles. The van der Waals surface area contributed by atoms with E-state index in [0.29, 0.717) is 0 Å². The van der Waals surface area contributed by atoms with Crippen molar-refractivity contribution in [1.29, 1.82) is 0 Å². The zero-order chi connectivity index (χ0) is 11.8. The molecule has 0 radical (unpaired) electrons. The van der Waals surface area contributed by atoms with E-state index in [9.17, 15) is 9.90 Å². The van der Waals surface area contributed by atoms with Crippen molar-refractivity contribution in [2.45, 2.75) is 70.3 Å². The molecule has 0 unspecified atom stereocenters. The number of carboxylic acid groups (broad SMARTS) is 1. The fourth-order valence-corrected chi connectivity index (χ4v) is 2.43. The van der Waals surface area contributed by atoms with Crippen molar-refractivity contribution in [3.8, 4) is 0 Å². The molecule has 1 aliphatic carbocycles. The van der Waals surface area contributed by atoms with E-state index < -0.39 is 5.97 Å². The smallest absolute Gasteiger partial charge is 0.306 e. The van der Waals surface area contributed by atoms with Crippen LogP contribution in [-0.4, -0.2) is 22.3 Å². The summed E-state index contributed by atoms with van der Waals surface area (Å²) in [6.07, 6.45) is 9.43. The maximum Gasteiger partial charge on any atom is 0.306 e. The fourth-order valence-electron chi connectivity index (χ4n) is 2.43. The molecule has 0 spiro atoms. The van der Waals surface area contributed by atoms with E-state index in [-0.39, 0.29) is 12.0 Å². The zero-order valence-corrected chi connectivity index (χ0v) is 10.0. The highest BCUT2D eigenvalue weighted by atomic mass is 16.4. The van der Waals surface area contributed by atoms with Crippen molar-refractivity contribution in [1.82, 2.24) is 0 Å². The maximum absolute atomic E-state index is 11.0. The van der Waals surface area contributed by atoms with E-state index in [2.05, 4.69) is 0 Å². The van der Waals surface area contributed by atoms with Crippen LogP contribution < -0.4 is 0 Å². The first-order valence-electron chi connectivity index (χ1n) is 6.61. The van der Waals surface area contributed by atoms with Gasteiger partial charge in [-0.25, -0.2) is 0 Å². The van der Waals surface area contributed by atoms with Gasteiger partial charge in [0.25, 0.3) is 0 Å². The monoisotopic (exact) mass is 228 g/mol. The van der Waals surface area contributed by atoms with E-state index in [4.69, 9.17) is 5.11 Å². The van der Waals surface area contributed by atoms with Gasteiger partial charge in [-0.2, -0.15) is 0 Å². The Labute approximate surface area is 97.9 Å². The molecule has 1 rings (SSSR count). The molecule has 94 valence electrons. The van der Waals surface area contributed by atoms with Crippen LogP contribution in [0.2, 0.25) is 0 Å². The van der Waals surface area contributed by atoms with Crippen molar-refractivity contribution in [2.75, 3.05) is 0 Å². The number of carboxylic acids is 1. The quantitative estimate of drug-likeness (QED) is 0.725. The lowest BCUT2D eigenvalue weighted by molar-refractivity contribution is -0.142. The summed E-state index contributed by atoms with van der Waals surface area (Å²) in [5, 5.41) is 18.7. The summed E-state index contributed by atoms with van der Waals surface area (Å²) in [5.74, 6) is -0.763. The average Bonchev–Trinajstić information content (AvgIpc) is 2.22. The highest BCUT2D eigenvalue weighted by Gasteiger charge is 2.17. The summed E-state index contributed by atoms with van der Waals surface area (Å²) in [6, 6.07) is 0. The summed E-state index contributed by atoms with van der Waals surface area (Å²) in [5.41, 5.74) is 0. The number of aliphatic hydroxyl groups is 1. The van der Waals surface area contributed by atoms with Gasteiger partial charge in [0.2, 0.25) is 0 Å². The number of carbonyl (C=O) groups is 1. The number of hydrogen-bond acceptors (Lipinski definition) is 2. The summed E-state index contributed by atoms with van der Waals surface area (Å²) in [6.45, 7) is 0. The van der Waals surface area contributed by atoms with Gasteiger partial charge in [-0.15, -0.1) is 0 Å². The fraction of sp³-hybridized carbons (Fsp3) is 0.923. The third-order valence-electron chi connectivity index (χ3n) is 3.53. The van der Waals surface area contributed by atoms with Crippen molar-refractivity contribution in [3.05, 3.63) is 0 Å². The predicted octanol–water partition coefficient (Wildman–Crippen LogP) is 2.96. The van der Waals surface area contributed by atoms with Crippen LogP contribution in [0.5, 0.6) is 0 Å². The van der Waals surface area contributed by atoms with Gasteiger partial charge >= 0.3 is 5.97 Å². The minimum absolute atomic E-state index is 0.130. The summed E-state index contributed by atoms with van der Waals surface area (Å²) in [7, 11) is 0. The minimum atomic E-state index is -0.628. The van der Waals surface area contributed by atoms with Crippen LogP contribution in [0.25, 0.3) is 0 Å². The number of hydrogen-bond donors (Lipinski definition) is 2. The molecule has 0 saturated heterocycles. The Morgan fingerprint density at radius 1 is 0.812 bits per heavy atom. The third-order valence-corrected chi connectivity index (χ3v) is 3.53. The van der Waals surface area contributed by atoms with E-state index >= 15 is 0 Å². The molecule has 0 aliphatic heterocycles. The molecule has 0 aromatic carbocycles. The molecule has 3 heteroatoms. The number of aliphatic carboxylic acids is 1.